The first-order valence-electron chi connectivity index (χ1n) is 10.2. The standard InChI is InChI=1S/C22H23NO7S/c1-3-27-22(26)18-14-6-4-5-7-17(14)31-20(18)23-19(24)12(2)30-21(25)13-8-9-15-16(10-13)29-11-28-15/h8-10,12H,3-7,11H2,1-2H3,(H,23,24). The third kappa shape index (κ3) is 4.36. The lowest BCUT2D eigenvalue weighted by molar-refractivity contribution is -0.123. The molecule has 31 heavy (non-hydrogen) atoms. The molecule has 1 unspecified atom stereocenters. The first kappa shape index (κ1) is 21.2. The van der Waals surface area contributed by atoms with Gasteiger partial charge in [0.15, 0.2) is 17.6 Å². The van der Waals surface area contributed by atoms with Crippen molar-refractivity contribution in [2.45, 2.75) is 45.6 Å². The number of benzene rings is 1. The number of ether oxygens (including phenoxy) is 4. The Morgan fingerprint density at radius 1 is 1.13 bits per heavy atom. The highest BCUT2D eigenvalue weighted by molar-refractivity contribution is 7.17. The fraction of sp³-hybridized carbons (Fsp3) is 0.409. The van der Waals surface area contributed by atoms with Crippen LogP contribution in [0.25, 0.3) is 0 Å². The van der Waals surface area contributed by atoms with Gasteiger partial charge in [0, 0.05) is 4.88 Å². The number of amides is 1. The second kappa shape index (κ2) is 8.97. The number of thiophene rings is 1. The molecule has 1 atom stereocenters. The zero-order chi connectivity index (χ0) is 22.0. The minimum Gasteiger partial charge on any atom is -0.462 e. The minimum absolute atomic E-state index is 0.0975. The Morgan fingerprint density at radius 3 is 2.71 bits per heavy atom. The summed E-state index contributed by atoms with van der Waals surface area (Å²) in [6, 6.07) is 4.68. The Kier molecular flexibility index (Phi) is 6.13. The fourth-order valence-corrected chi connectivity index (χ4v) is 4.87. The van der Waals surface area contributed by atoms with Gasteiger partial charge in [0.2, 0.25) is 6.79 Å². The molecule has 2 aromatic rings. The number of rotatable bonds is 6. The maximum atomic E-state index is 12.7. The van der Waals surface area contributed by atoms with E-state index < -0.39 is 23.9 Å². The molecule has 2 heterocycles. The Hall–Kier alpha value is -3.07. The molecular weight excluding hydrogens is 422 g/mol. The quantitative estimate of drug-likeness (QED) is 0.677. The van der Waals surface area contributed by atoms with Crippen molar-refractivity contribution >= 4 is 34.2 Å². The molecule has 2 aliphatic rings. The predicted octanol–water partition coefficient (Wildman–Crippen LogP) is 3.72. The van der Waals surface area contributed by atoms with Gasteiger partial charge in [0.05, 0.1) is 17.7 Å². The van der Waals surface area contributed by atoms with Crippen LogP contribution >= 0.6 is 11.3 Å². The normalized spacial score (nSPS) is 15.0. The summed E-state index contributed by atoms with van der Waals surface area (Å²) in [5, 5.41) is 3.21. The van der Waals surface area contributed by atoms with Gasteiger partial charge in [-0.3, -0.25) is 4.79 Å². The predicted molar refractivity (Wildman–Crippen MR) is 113 cm³/mol. The molecule has 1 aliphatic heterocycles. The zero-order valence-electron chi connectivity index (χ0n) is 17.3. The third-order valence-corrected chi connectivity index (χ3v) is 6.36. The topological polar surface area (TPSA) is 100 Å². The molecule has 0 bridgehead atoms. The molecule has 1 aromatic heterocycles. The Balaban J connectivity index is 1.47. The molecular formula is C22H23NO7S. The number of carbonyl (C=O) groups is 3. The van der Waals surface area contributed by atoms with Crippen LogP contribution < -0.4 is 14.8 Å². The number of aryl methyl sites for hydroxylation is 1. The summed E-state index contributed by atoms with van der Waals surface area (Å²) in [6.07, 6.45) is 2.63. The second-order valence-corrected chi connectivity index (χ2v) is 8.35. The molecule has 0 spiro atoms. The maximum absolute atomic E-state index is 12.7. The number of carbonyl (C=O) groups excluding carboxylic acids is 3. The third-order valence-electron chi connectivity index (χ3n) is 5.15. The average molecular weight is 445 g/mol. The van der Waals surface area contributed by atoms with Gasteiger partial charge in [-0.15, -0.1) is 11.3 Å². The molecule has 0 saturated carbocycles. The van der Waals surface area contributed by atoms with Crippen LogP contribution in [0.15, 0.2) is 18.2 Å². The van der Waals surface area contributed by atoms with Gasteiger partial charge >= 0.3 is 11.9 Å². The summed E-state index contributed by atoms with van der Waals surface area (Å²) in [5.41, 5.74) is 1.63. The van der Waals surface area contributed by atoms with Crippen LogP contribution in [0.1, 0.15) is 57.8 Å². The Morgan fingerprint density at radius 2 is 1.90 bits per heavy atom. The van der Waals surface area contributed by atoms with E-state index in [1.807, 2.05) is 0 Å². The first-order chi connectivity index (χ1) is 15.0. The van der Waals surface area contributed by atoms with E-state index in [2.05, 4.69) is 5.32 Å². The lowest BCUT2D eigenvalue weighted by atomic mass is 9.95. The van der Waals surface area contributed by atoms with Gasteiger partial charge in [-0.2, -0.15) is 0 Å². The fourth-order valence-electron chi connectivity index (χ4n) is 3.59. The van der Waals surface area contributed by atoms with E-state index in [0.717, 1.165) is 36.1 Å². The van der Waals surface area contributed by atoms with E-state index in [1.165, 1.54) is 24.3 Å². The number of hydrogen-bond acceptors (Lipinski definition) is 8. The number of nitrogens with one attached hydrogen (secondary N) is 1. The van der Waals surface area contributed by atoms with Crippen molar-refractivity contribution in [1.82, 2.24) is 0 Å². The van der Waals surface area contributed by atoms with Crippen LogP contribution in [0.2, 0.25) is 0 Å². The van der Waals surface area contributed by atoms with Crippen LogP contribution in [0.4, 0.5) is 5.00 Å². The molecule has 9 heteroatoms. The smallest absolute Gasteiger partial charge is 0.341 e. The molecule has 4 rings (SSSR count). The SMILES string of the molecule is CCOC(=O)c1c(NC(=O)C(C)OC(=O)c2ccc3c(c2)OCO3)sc2c1CCCC2. The minimum atomic E-state index is -1.06. The number of esters is 2. The number of fused-ring (bicyclic) bond motifs is 2. The van der Waals surface area contributed by atoms with Gasteiger partial charge in [0.25, 0.3) is 5.91 Å². The number of hydrogen-bond donors (Lipinski definition) is 1. The highest BCUT2D eigenvalue weighted by Crippen LogP contribution is 2.39. The van der Waals surface area contributed by atoms with Gasteiger partial charge in [-0.1, -0.05) is 0 Å². The van der Waals surface area contributed by atoms with Crippen molar-refractivity contribution in [3.05, 3.63) is 39.8 Å². The summed E-state index contributed by atoms with van der Waals surface area (Å²) in [7, 11) is 0. The highest BCUT2D eigenvalue weighted by Gasteiger charge is 2.29. The van der Waals surface area contributed by atoms with E-state index in [1.54, 1.807) is 19.1 Å². The summed E-state index contributed by atoms with van der Waals surface area (Å²) in [5.74, 6) is -0.609. The highest BCUT2D eigenvalue weighted by atomic mass is 32.1. The van der Waals surface area contributed by atoms with E-state index >= 15 is 0 Å². The Bertz CT molecular complexity index is 1030. The summed E-state index contributed by atoms with van der Waals surface area (Å²) >= 11 is 1.39. The van der Waals surface area contributed by atoms with E-state index in [0.29, 0.717) is 22.1 Å². The lowest BCUT2D eigenvalue weighted by Crippen LogP contribution is -2.30. The van der Waals surface area contributed by atoms with E-state index in [-0.39, 0.29) is 19.0 Å². The van der Waals surface area contributed by atoms with E-state index in [9.17, 15) is 14.4 Å². The second-order valence-electron chi connectivity index (χ2n) is 7.24. The van der Waals surface area contributed by atoms with Crippen molar-refractivity contribution in [3.63, 3.8) is 0 Å². The van der Waals surface area contributed by atoms with Gasteiger partial charge in [-0.25, -0.2) is 9.59 Å². The lowest BCUT2D eigenvalue weighted by Gasteiger charge is -2.14. The summed E-state index contributed by atoms with van der Waals surface area (Å²) < 4.78 is 21.0. The molecule has 1 aliphatic carbocycles. The van der Waals surface area contributed by atoms with Crippen LogP contribution in [0, 0.1) is 0 Å². The first-order valence-corrected chi connectivity index (χ1v) is 11.0. The van der Waals surface area contributed by atoms with Gasteiger partial charge in [-0.05, 0) is 63.3 Å². The van der Waals surface area contributed by atoms with Crippen LogP contribution in [-0.4, -0.2) is 37.3 Å². The summed E-state index contributed by atoms with van der Waals surface area (Å²) in [4.78, 5) is 38.8. The van der Waals surface area contributed by atoms with E-state index in [4.69, 9.17) is 18.9 Å². The van der Waals surface area contributed by atoms with Crippen LogP contribution in [0.5, 0.6) is 11.5 Å². The van der Waals surface area contributed by atoms with Crippen molar-refractivity contribution in [2.24, 2.45) is 0 Å². The van der Waals surface area contributed by atoms with Crippen molar-refractivity contribution in [3.8, 4) is 11.5 Å². The zero-order valence-corrected chi connectivity index (χ0v) is 18.1. The molecule has 0 saturated heterocycles. The molecule has 0 radical (unpaired) electrons. The molecule has 1 aromatic carbocycles. The molecule has 1 amide bonds. The molecule has 0 fully saturated rings. The molecule has 8 nitrogen and oxygen atoms in total. The molecule has 164 valence electrons. The molecule has 1 N–H and O–H groups in total. The maximum Gasteiger partial charge on any atom is 0.341 e. The van der Waals surface area contributed by atoms with Crippen molar-refractivity contribution in [1.29, 1.82) is 0 Å². The number of anilines is 1. The van der Waals surface area contributed by atoms with Crippen molar-refractivity contribution < 1.29 is 33.3 Å². The summed E-state index contributed by atoms with van der Waals surface area (Å²) in [6.45, 7) is 3.57. The Labute approximate surface area is 183 Å². The van der Waals surface area contributed by atoms with Gasteiger partial charge < -0.3 is 24.3 Å². The van der Waals surface area contributed by atoms with Gasteiger partial charge in [0.1, 0.15) is 5.00 Å². The monoisotopic (exact) mass is 445 g/mol. The largest absolute Gasteiger partial charge is 0.462 e. The van der Waals surface area contributed by atoms with Crippen molar-refractivity contribution in [2.75, 3.05) is 18.7 Å². The van der Waals surface area contributed by atoms with Crippen LogP contribution in [-0.2, 0) is 27.1 Å². The average Bonchev–Trinajstić information content (AvgIpc) is 3.37. The van der Waals surface area contributed by atoms with Crippen LogP contribution in [0.3, 0.4) is 0 Å².